The fraction of sp³-hybridized carbons (Fsp3) is 0.438. The van der Waals surface area contributed by atoms with Crippen LogP contribution in [0.5, 0.6) is 0 Å². The van der Waals surface area contributed by atoms with E-state index in [1.54, 1.807) is 11.0 Å². The predicted octanol–water partition coefficient (Wildman–Crippen LogP) is 1.16. The van der Waals surface area contributed by atoms with Crippen LogP contribution in [-0.4, -0.2) is 46.5 Å². The van der Waals surface area contributed by atoms with Crippen LogP contribution in [0.15, 0.2) is 36.9 Å². The molecule has 3 rings (SSSR count). The average Bonchev–Trinajstić information content (AvgIpc) is 3.08. The number of hydrogen-bond acceptors (Lipinski definition) is 5. The SMILES string of the molecule is Cl.Cl.O=C(CC1CNCCO1)NCc1ccc(Cn2cncn2)cc1. The molecule has 1 aromatic heterocycles. The van der Waals surface area contributed by atoms with Crippen LogP contribution < -0.4 is 10.6 Å². The average molecular weight is 388 g/mol. The van der Waals surface area contributed by atoms with Crippen molar-refractivity contribution in [3.63, 3.8) is 0 Å². The number of rotatable bonds is 6. The summed E-state index contributed by atoms with van der Waals surface area (Å²) < 4.78 is 7.30. The molecule has 2 aromatic rings. The number of aromatic nitrogens is 3. The van der Waals surface area contributed by atoms with Crippen molar-refractivity contribution in [2.75, 3.05) is 19.7 Å². The van der Waals surface area contributed by atoms with Gasteiger partial charge in [0.15, 0.2) is 0 Å². The number of carbonyl (C=O) groups excluding carboxylic acids is 1. The second-order valence-corrected chi connectivity index (χ2v) is 5.59. The molecule has 0 spiro atoms. The first-order chi connectivity index (χ1) is 11.3. The lowest BCUT2D eigenvalue weighted by molar-refractivity contribution is -0.124. The zero-order valence-corrected chi connectivity index (χ0v) is 15.4. The summed E-state index contributed by atoms with van der Waals surface area (Å²) in [5.74, 6) is 0.0189. The molecule has 1 aliphatic rings. The van der Waals surface area contributed by atoms with Crippen LogP contribution in [-0.2, 0) is 22.6 Å². The van der Waals surface area contributed by atoms with Crippen molar-refractivity contribution in [1.82, 2.24) is 25.4 Å². The Morgan fingerprint density at radius 1 is 1.28 bits per heavy atom. The number of halogens is 2. The fourth-order valence-corrected chi connectivity index (χ4v) is 2.49. The number of nitrogens with one attached hydrogen (secondary N) is 2. The summed E-state index contributed by atoms with van der Waals surface area (Å²) in [6, 6.07) is 8.12. The number of benzene rings is 1. The predicted molar refractivity (Wildman–Crippen MR) is 99.1 cm³/mol. The maximum atomic E-state index is 11.9. The van der Waals surface area contributed by atoms with Crippen molar-refractivity contribution >= 4 is 30.7 Å². The third kappa shape index (κ3) is 6.99. The molecule has 1 atom stereocenters. The van der Waals surface area contributed by atoms with E-state index in [1.807, 2.05) is 24.3 Å². The smallest absolute Gasteiger partial charge is 0.222 e. The monoisotopic (exact) mass is 387 g/mol. The number of hydrogen-bond donors (Lipinski definition) is 2. The first-order valence-electron chi connectivity index (χ1n) is 7.79. The summed E-state index contributed by atoms with van der Waals surface area (Å²) in [4.78, 5) is 15.8. The minimum Gasteiger partial charge on any atom is -0.375 e. The number of ether oxygens (including phenoxy) is 1. The second-order valence-electron chi connectivity index (χ2n) is 5.59. The van der Waals surface area contributed by atoms with Gasteiger partial charge in [0.2, 0.25) is 5.91 Å². The van der Waals surface area contributed by atoms with Gasteiger partial charge in [-0.15, -0.1) is 24.8 Å². The summed E-state index contributed by atoms with van der Waals surface area (Å²) in [5.41, 5.74) is 2.22. The van der Waals surface area contributed by atoms with Gasteiger partial charge >= 0.3 is 0 Å². The molecule has 2 heterocycles. The van der Waals surface area contributed by atoms with Gasteiger partial charge < -0.3 is 15.4 Å². The second kappa shape index (κ2) is 11.0. The third-order valence-corrected chi connectivity index (χ3v) is 3.74. The lowest BCUT2D eigenvalue weighted by Gasteiger charge is -2.23. The van der Waals surface area contributed by atoms with E-state index in [-0.39, 0.29) is 36.8 Å². The lowest BCUT2D eigenvalue weighted by Crippen LogP contribution is -2.41. The lowest BCUT2D eigenvalue weighted by atomic mass is 10.1. The van der Waals surface area contributed by atoms with Crippen molar-refractivity contribution in [3.8, 4) is 0 Å². The molecular weight excluding hydrogens is 365 g/mol. The van der Waals surface area contributed by atoms with E-state index in [9.17, 15) is 4.79 Å². The summed E-state index contributed by atoms with van der Waals surface area (Å²) in [7, 11) is 0. The molecule has 1 unspecified atom stereocenters. The Balaban J connectivity index is 0.00000156. The Bertz CT molecular complexity index is 616. The van der Waals surface area contributed by atoms with Gasteiger partial charge in [-0.1, -0.05) is 24.3 Å². The molecule has 1 amide bonds. The van der Waals surface area contributed by atoms with Crippen molar-refractivity contribution in [2.24, 2.45) is 0 Å². The minimum absolute atomic E-state index is 0. The van der Waals surface area contributed by atoms with E-state index < -0.39 is 0 Å². The van der Waals surface area contributed by atoms with Crippen LogP contribution in [0.1, 0.15) is 17.5 Å². The number of amides is 1. The molecule has 9 heteroatoms. The highest BCUT2D eigenvalue weighted by Crippen LogP contribution is 2.06. The standard InChI is InChI=1S/C16H21N5O2.2ClH/c22-16(7-15-9-17-5-6-23-15)19-8-13-1-3-14(4-2-13)10-21-12-18-11-20-21;;/h1-4,11-12,15,17H,5-10H2,(H,19,22);2*1H. The van der Waals surface area contributed by atoms with Gasteiger partial charge in [-0.05, 0) is 11.1 Å². The van der Waals surface area contributed by atoms with Gasteiger partial charge in [-0.25, -0.2) is 9.67 Å². The summed E-state index contributed by atoms with van der Waals surface area (Å²) >= 11 is 0. The maximum absolute atomic E-state index is 11.9. The molecule has 1 aromatic carbocycles. The zero-order valence-electron chi connectivity index (χ0n) is 13.8. The molecule has 138 valence electrons. The topological polar surface area (TPSA) is 81.1 Å². The minimum atomic E-state index is -0.0196. The molecule has 1 fully saturated rings. The summed E-state index contributed by atoms with van der Waals surface area (Å²) in [6.07, 6.45) is 3.59. The maximum Gasteiger partial charge on any atom is 0.222 e. The van der Waals surface area contributed by atoms with E-state index in [0.717, 1.165) is 24.2 Å². The van der Waals surface area contributed by atoms with Gasteiger partial charge in [-0.2, -0.15) is 5.10 Å². The quantitative estimate of drug-likeness (QED) is 0.777. The van der Waals surface area contributed by atoms with Crippen LogP contribution in [0.25, 0.3) is 0 Å². The Labute approximate surface area is 159 Å². The highest BCUT2D eigenvalue weighted by Gasteiger charge is 2.16. The van der Waals surface area contributed by atoms with Gasteiger partial charge in [0.05, 0.1) is 25.7 Å². The molecule has 0 saturated carbocycles. The first kappa shape index (κ1) is 21.4. The van der Waals surface area contributed by atoms with Crippen molar-refractivity contribution in [3.05, 3.63) is 48.0 Å². The molecule has 25 heavy (non-hydrogen) atoms. The van der Waals surface area contributed by atoms with E-state index in [4.69, 9.17) is 4.74 Å². The van der Waals surface area contributed by atoms with Crippen LogP contribution in [0.3, 0.4) is 0 Å². The Kier molecular flexibility index (Phi) is 9.44. The van der Waals surface area contributed by atoms with Crippen LogP contribution >= 0.6 is 24.8 Å². The number of morpholine rings is 1. The molecule has 0 bridgehead atoms. The van der Waals surface area contributed by atoms with Crippen molar-refractivity contribution in [2.45, 2.75) is 25.6 Å². The normalized spacial score (nSPS) is 16.4. The third-order valence-electron chi connectivity index (χ3n) is 3.74. The van der Waals surface area contributed by atoms with Gasteiger partial charge in [-0.3, -0.25) is 4.79 Å². The molecule has 1 saturated heterocycles. The summed E-state index contributed by atoms with van der Waals surface area (Å²) in [6.45, 7) is 3.50. The van der Waals surface area contributed by atoms with Crippen LogP contribution in [0, 0.1) is 0 Å². The van der Waals surface area contributed by atoms with Gasteiger partial charge in [0, 0.05) is 19.6 Å². The van der Waals surface area contributed by atoms with E-state index in [0.29, 0.717) is 26.1 Å². The Hall–Kier alpha value is -1.67. The zero-order chi connectivity index (χ0) is 15.9. The molecule has 0 aliphatic carbocycles. The molecule has 2 N–H and O–H groups in total. The molecule has 0 radical (unpaired) electrons. The van der Waals surface area contributed by atoms with Gasteiger partial charge in [0.1, 0.15) is 12.7 Å². The first-order valence-corrected chi connectivity index (χ1v) is 7.79. The number of carbonyl (C=O) groups is 1. The molecular formula is C16H23Cl2N5O2. The van der Waals surface area contributed by atoms with Gasteiger partial charge in [0.25, 0.3) is 0 Å². The van der Waals surface area contributed by atoms with Crippen LogP contribution in [0.2, 0.25) is 0 Å². The van der Waals surface area contributed by atoms with Crippen molar-refractivity contribution in [1.29, 1.82) is 0 Å². The highest BCUT2D eigenvalue weighted by molar-refractivity contribution is 5.85. The van der Waals surface area contributed by atoms with Crippen LogP contribution in [0.4, 0.5) is 0 Å². The van der Waals surface area contributed by atoms with E-state index in [2.05, 4.69) is 20.7 Å². The molecule has 1 aliphatic heterocycles. The largest absolute Gasteiger partial charge is 0.375 e. The van der Waals surface area contributed by atoms with E-state index in [1.165, 1.54) is 6.33 Å². The Morgan fingerprint density at radius 3 is 2.68 bits per heavy atom. The number of nitrogens with zero attached hydrogens (tertiary/aromatic N) is 3. The Morgan fingerprint density at radius 2 is 2.04 bits per heavy atom. The molecule has 7 nitrogen and oxygen atoms in total. The fourth-order valence-electron chi connectivity index (χ4n) is 2.49. The highest BCUT2D eigenvalue weighted by atomic mass is 35.5. The van der Waals surface area contributed by atoms with E-state index >= 15 is 0 Å². The summed E-state index contributed by atoms with van der Waals surface area (Å²) in [5, 5.41) is 10.2. The van der Waals surface area contributed by atoms with Crippen molar-refractivity contribution < 1.29 is 9.53 Å².